The Morgan fingerprint density at radius 1 is 1.08 bits per heavy atom. The predicted molar refractivity (Wildman–Crippen MR) is 97.2 cm³/mol. The third-order valence-corrected chi connectivity index (χ3v) is 3.95. The molecule has 1 aromatic heterocycles. The molecule has 25 heavy (non-hydrogen) atoms. The van der Waals surface area contributed by atoms with Crippen LogP contribution in [0, 0.1) is 19.7 Å². The summed E-state index contributed by atoms with van der Waals surface area (Å²) in [6.45, 7) is 7.59. The largest absolute Gasteiger partial charge is 0.459 e. The van der Waals surface area contributed by atoms with Gasteiger partial charge in [0.2, 0.25) is 0 Å². The minimum absolute atomic E-state index is 0.212. The highest BCUT2D eigenvalue weighted by molar-refractivity contribution is 6.05. The van der Waals surface area contributed by atoms with Gasteiger partial charge in [0.15, 0.2) is 0 Å². The van der Waals surface area contributed by atoms with E-state index < -0.39 is 0 Å². The van der Waals surface area contributed by atoms with E-state index in [-0.39, 0.29) is 17.9 Å². The second-order valence-corrected chi connectivity index (χ2v) is 6.49. The third-order valence-electron chi connectivity index (χ3n) is 3.95. The molecule has 0 N–H and O–H groups in total. The topological polar surface area (TPSA) is 39.2 Å². The number of fused-ring (bicyclic) bond motifs is 1. The van der Waals surface area contributed by atoms with E-state index in [1.807, 2.05) is 39.8 Å². The molecular formula is C21H20FNO2. The van der Waals surface area contributed by atoms with Gasteiger partial charge in [-0.25, -0.2) is 14.2 Å². The van der Waals surface area contributed by atoms with Crippen molar-refractivity contribution in [2.45, 2.75) is 33.8 Å². The lowest BCUT2D eigenvalue weighted by Crippen LogP contribution is -2.13. The van der Waals surface area contributed by atoms with E-state index >= 15 is 0 Å². The molecule has 0 aliphatic rings. The van der Waals surface area contributed by atoms with Gasteiger partial charge in [-0.3, -0.25) is 0 Å². The van der Waals surface area contributed by atoms with Gasteiger partial charge in [-0.2, -0.15) is 0 Å². The fourth-order valence-corrected chi connectivity index (χ4v) is 2.90. The lowest BCUT2D eigenvalue weighted by atomic mass is 10.00. The predicted octanol–water partition coefficient (Wildman–Crippen LogP) is 5.22. The Bertz CT molecular complexity index is 946. The van der Waals surface area contributed by atoms with Crippen molar-refractivity contribution in [1.82, 2.24) is 4.98 Å². The molecule has 0 aliphatic carbocycles. The summed E-state index contributed by atoms with van der Waals surface area (Å²) < 4.78 is 18.6. The smallest absolute Gasteiger partial charge is 0.339 e. The van der Waals surface area contributed by atoms with Gasteiger partial charge in [-0.1, -0.05) is 11.6 Å². The second-order valence-electron chi connectivity index (χ2n) is 6.49. The summed E-state index contributed by atoms with van der Waals surface area (Å²) in [6, 6.07) is 11.8. The van der Waals surface area contributed by atoms with Crippen molar-refractivity contribution in [2.24, 2.45) is 0 Å². The first kappa shape index (κ1) is 17.1. The monoisotopic (exact) mass is 337 g/mol. The van der Waals surface area contributed by atoms with Crippen molar-refractivity contribution >= 4 is 16.9 Å². The van der Waals surface area contributed by atoms with Crippen LogP contribution in [0.4, 0.5) is 4.39 Å². The van der Waals surface area contributed by atoms with Gasteiger partial charge in [0.05, 0.1) is 22.9 Å². The van der Waals surface area contributed by atoms with Crippen LogP contribution in [0.1, 0.15) is 35.3 Å². The van der Waals surface area contributed by atoms with Crippen LogP contribution in [0.15, 0.2) is 42.5 Å². The minimum atomic E-state index is -0.379. The molecule has 0 fully saturated rings. The number of aromatic nitrogens is 1. The minimum Gasteiger partial charge on any atom is -0.459 e. The number of halogens is 1. The number of esters is 1. The van der Waals surface area contributed by atoms with Gasteiger partial charge in [0.25, 0.3) is 0 Å². The fraction of sp³-hybridized carbons (Fsp3) is 0.238. The molecule has 128 valence electrons. The first-order valence-corrected chi connectivity index (χ1v) is 8.24. The zero-order chi connectivity index (χ0) is 18.1. The number of benzene rings is 2. The van der Waals surface area contributed by atoms with Crippen LogP contribution < -0.4 is 0 Å². The Balaban J connectivity index is 2.26. The van der Waals surface area contributed by atoms with Gasteiger partial charge < -0.3 is 4.74 Å². The van der Waals surface area contributed by atoms with Gasteiger partial charge in [0, 0.05) is 10.9 Å². The summed E-state index contributed by atoms with van der Waals surface area (Å²) in [5, 5.41) is 0.772. The molecule has 0 bridgehead atoms. The molecule has 1 heterocycles. The van der Waals surface area contributed by atoms with E-state index in [9.17, 15) is 9.18 Å². The van der Waals surface area contributed by atoms with E-state index in [0.29, 0.717) is 11.3 Å². The van der Waals surface area contributed by atoms with E-state index in [1.165, 1.54) is 12.1 Å². The summed E-state index contributed by atoms with van der Waals surface area (Å²) in [6.07, 6.45) is -0.212. The number of pyridine rings is 1. The Hall–Kier alpha value is -2.75. The van der Waals surface area contributed by atoms with Crippen molar-refractivity contribution in [3.05, 3.63) is 65.0 Å². The third kappa shape index (κ3) is 3.53. The maximum absolute atomic E-state index is 13.2. The molecule has 4 heteroatoms. The number of carbonyl (C=O) groups excluding carboxylic acids is 1. The SMILES string of the molecule is Cc1cc(C)c2nc(-c3ccc(F)cc3)cc(C(=O)OC(C)C)c2c1. The number of aryl methyl sites for hydroxylation is 2. The summed E-state index contributed by atoms with van der Waals surface area (Å²) in [7, 11) is 0. The maximum Gasteiger partial charge on any atom is 0.339 e. The summed E-state index contributed by atoms with van der Waals surface area (Å²) in [5.41, 5.74) is 4.64. The standard InChI is InChI=1S/C21H20FNO2/c1-12(2)25-21(24)18-11-19(15-5-7-16(22)8-6-15)23-20-14(4)9-13(3)10-17(18)20/h5-12H,1-4H3. The molecular weight excluding hydrogens is 317 g/mol. The summed E-state index contributed by atoms with van der Waals surface area (Å²) in [4.78, 5) is 17.3. The number of carbonyl (C=O) groups is 1. The Labute approximate surface area is 146 Å². The number of nitrogens with zero attached hydrogens (tertiary/aromatic N) is 1. The maximum atomic E-state index is 13.2. The highest BCUT2D eigenvalue weighted by Crippen LogP contribution is 2.28. The van der Waals surface area contributed by atoms with E-state index in [0.717, 1.165) is 27.6 Å². The highest BCUT2D eigenvalue weighted by atomic mass is 19.1. The van der Waals surface area contributed by atoms with Crippen LogP contribution >= 0.6 is 0 Å². The molecule has 3 nitrogen and oxygen atoms in total. The van der Waals surface area contributed by atoms with Crippen LogP contribution in [0.3, 0.4) is 0 Å². The van der Waals surface area contributed by atoms with Gasteiger partial charge in [-0.15, -0.1) is 0 Å². The zero-order valence-electron chi connectivity index (χ0n) is 14.8. The van der Waals surface area contributed by atoms with Crippen molar-refractivity contribution in [2.75, 3.05) is 0 Å². The Morgan fingerprint density at radius 3 is 2.40 bits per heavy atom. The molecule has 0 saturated heterocycles. The number of hydrogen-bond acceptors (Lipinski definition) is 3. The van der Waals surface area contributed by atoms with Gasteiger partial charge >= 0.3 is 5.97 Å². The van der Waals surface area contributed by atoms with Gasteiger partial charge in [0.1, 0.15) is 5.82 Å². The molecule has 0 amide bonds. The molecule has 2 aromatic carbocycles. The average Bonchev–Trinajstić information content (AvgIpc) is 2.54. The van der Waals surface area contributed by atoms with E-state index in [1.54, 1.807) is 18.2 Å². The van der Waals surface area contributed by atoms with Crippen molar-refractivity contribution in [3.8, 4) is 11.3 Å². The van der Waals surface area contributed by atoms with Crippen LogP contribution in [0.25, 0.3) is 22.2 Å². The van der Waals surface area contributed by atoms with Crippen LogP contribution in [-0.4, -0.2) is 17.1 Å². The number of hydrogen-bond donors (Lipinski definition) is 0. The second kappa shape index (κ2) is 6.63. The molecule has 0 unspecified atom stereocenters. The Morgan fingerprint density at radius 2 is 1.76 bits per heavy atom. The molecule has 3 aromatic rings. The normalized spacial score (nSPS) is 11.1. The van der Waals surface area contributed by atoms with Crippen molar-refractivity contribution in [1.29, 1.82) is 0 Å². The Kier molecular flexibility index (Phi) is 4.53. The average molecular weight is 337 g/mol. The number of rotatable bonds is 3. The molecule has 0 radical (unpaired) electrons. The van der Waals surface area contributed by atoms with Crippen LogP contribution in [0.2, 0.25) is 0 Å². The quantitative estimate of drug-likeness (QED) is 0.615. The zero-order valence-corrected chi connectivity index (χ0v) is 14.8. The van der Waals surface area contributed by atoms with Crippen molar-refractivity contribution in [3.63, 3.8) is 0 Å². The van der Waals surface area contributed by atoms with Crippen LogP contribution in [-0.2, 0) is 4.74 Å². The van der Waals surface area contributed by atoms with E-state index in [2.05, 4.69) is 0 Å². The first-order valence-electron chi connectivity index (χ1n) is 8.24. The van der Waals surface area contributed by atoms with E-state index in [4.69, 9.17) is 9.72 Å². The summed E-state index contributed by atoms with van der Waals surface area (Å²) in [5.74, 6) is -0.688. The number of ether oxygens (including phenoxy) is 1. The molecule has 0 aliphatic heterocycles. The molecule has 0 atom stereocenters. The molecule has 3 rings (SSSR count). The van der Waals surface area contributed by atoms with Crippen molar-refractivity contribution < 1.29 is 13.9 Å². The lowest BCUT2D eigenvalue weighted by molar-refractivity contribution is 0.0380. The molecule has 0 saturated carbocycles. The highest BCUT2D eigenvalue weighted by Gasteiger charge is 2.17. The summed E-state index contributed by atoms with van der Waals surface area (Å²) >= 11 is 0. The van der Waals surface area contributed by atoms with Gasteiger partial charge in [-0.05, 0) is 69.7 Å². The van der Waals surface area contributed by atoms with Crippen LogP contribution in [0.5, 0.6) is 0 Å². The lowest BCUT2D eigenvalue weighted by Gasteiger charge is -2.14. The fourth-order valence-electron chi connectivity index (χ4n) is 2.90. The molecule has 0 spiro atoms. The first-order chi connectivity index (χ1) is 11.8.